The number of aryl methyl sites for hydroxylation is 1. The highest BCUT2D eigenvalue weighted by Gasteiger charge is 2.22. The number of ether oxygens (including phenoxy) is 1. The molecule has 2 atom stereocenters. The molecule has 0 bridgehead atoms. The van der Waals surface area contributed by atoms with Crippen LogP contribution in [0.1, 0.15) is 24.8 Å². The van der Waals surface area contributed by atoms with Crippen LogP contribution in [-0.2, 0) is 11.8 Å². The predicted molar refractivity (Wildman–Crippen MR) is 47.3 cm³/mol. The highest BCUT2D eigenvalue weighted by molar-refractivity contribution is 4.85. The van der Waals surface area contributed by atoms with E-state index in [-0.39, 0.29) is 0 Å². The van der Waals surface area contributed by atoms with Crippen molar-refractivity contribution in [3.05, 3.63) is 5.82 Å². The van der Waals surface area contributed by atoms with Crippen LogP contribution in [0.25, 0.3) is 0 Å². The molecular formula is C8H14N4O2. The number of aromatic nitrogens is 4. The van der Waals surface area contributed by atoms with Crippen LogP contribution in [0.4, 0.5) is 0 Å². The van der Waals surface area contributed by atoms with Crippen molar-refractivity contribution >= 4 is 0 Å². The second-order valence-electron chi connectivity index (χ2n) is 3.62. The van der Waals surface area contributed by atoms with Crippen molar-refractivity contribution in [2.24, 2.45) is 13.0 Å². The lowest BCUT2D eigenvalue weighted by molar-refractivity contribution is 0.122. The fourth-order valence-corrected chi connectivity index (χ4v) is 1.62. The molecule has 1 aliphatic heterocycles. The summed E-state index contributed by atoms with van der Waals surface area (Å²) in [7, 11) is 1.68. The van der Waals surface area contributed by atoms with Gasteiger partial charge in [0, 0.05) is 13.2 Å². The molecule has 6 heteroatoms. The van der Waals surface area contributed by atoms with Gasteiger partial charge in [0.05, 0.1) is 7.05 Å². The second kappa shape index (κ2) is 4.02. The van der Waals surface area contributed by atoms with Gasteiger partial charge in [0.1, 0.15) is 6.10 Å². The zero-order chi connectivity index (χ0) is 9.97. The minimum atomic E-state index is -0.615. The third kappa shape index (κ3) is 2.08. The highest BCUT2D eigenvalue weighted by atomic mass is 16.5. The molecule has 1 fully saturated rings. The van der Waals surface area contributed by atoms with E-state index in [0.29, 0.717) is 18.2 Å². The monoisotopic (exact) mass is 198 g/mol. The van der Waals surface area contributed by atoms with E-state index in [0.717, 1.165) is 19.6 Å². The molecule has 0 saturated carbocycles. The Bertz CT molecular complexity index is 295. The summed E-state index contributed by atoms with van der Waals surface area (Å²) in [5.41, 5.74) is 0. The average Bonchev–Trinajstić information content (AvgIpc) is 2.75. The SMILES string of the molecule is Cn1nnc(C(O)CC2CCOC2)n1. The average molecular weight is 198 g/mol. The Kier molecular flexibility index (Phi) is 2.74. The minimum absolute atomic E-state index is 0.402. The van der Waals surface area contributed by atoms with Crippen LogP contribution < -0.4 is 0 Å². The molecule has 0 aliphatic carbocycles. The summed E-state index contributed by atoms with van der Waals surface area (Å²) in [6.45, 7) is 1.53. The third-order valence-corrected chi connectivity index (χ3v) is 2.40. The van der Waals surface area contributed by atoms with Crippen molar-refractivity contribution in [2.75, 3.05) is 13.2 Å². The van der Waals surface area contributed by atoms with E-state index >= 15 is 0 Å². The summed E-state index contributed by atoms with van der Waals surface area (Å²) in [5, 5.41) is 21.2. The molecule has 6 nitrogen and oxygen atoms in total. The van der Waals surface area contributed by atoms with Gasteiger partial charge in [-0.25, -0.2) is 0 Å². The highest BCUT2D eigenvalue weighted by Crippen LogP contribution is 2.23. The van der Waals surface area contributed by atoms with Crippen LogP contribution in [-0.4, -0.2) is 38.5 Å². The number of nitrogens with zero attached hydrogens (tertiary/aromatic N) is 4. The Balaban J connectivity index is 1.91. The van der Waals surface area contributed by atoms with Crippen LogP contribution in [0.2, 0.25) is 0 Å². The van der Waals surface area contributed by atoms with E-state index in [1.165, 1.54) is 4.80 Å². The van der Waals surface area contributed by atoms with Gasteiger partial charge in [0.15, 0.2) is 0 Å². The first-order valence-electron chi connectivity index (χ1n) is 4.75. The molecule has 1 N–H and O–H groups in total. The van der Waals surface area contributed by atoms with Gasteiger partial charge in [-0.15, -0.1) is 10.2 Å². The zero-order valence-corrected chi connectivity index (χ0v) is 8.13. The number of hydrogen-bond donors (Lipinski definition) is 1. The quantitative estimate of drug-likeness (QED) is 0.720. The molecule has 1 aromatic heterocycles. The summed E-state index contributed by atoms with van der Waals surface area (Å²) >= 11 is 0. The fraction of sp³-hybridized carbons (Fsp3) is 0.875. The first-order chi connectivity index (χ1) is 6.75. The van der Waals surface area contributed by atoms with Crippen molar-refractivity contribution in [1.29, 1.82) is 0 Å². The van der Waals surface area contributed by atoms with Gasteiger partial charge in [0.25, 0.3) is 0 Å². The lowest BCUT2D eigenvalue weighted by Gasteiger charge is -2.10. The van der Waals surface area contributed by atoms with Crippen molar-refractivity contribution in [3.8, 4) is 0 Å². The van der Waals surface area contributed by atoms with E-state index in [1.807, 2.05) is 0 Å². The third-order valence-electron chi connectivity index (χ3n) is 2.40. The molecule has 0 spiro atoms. The van der Waals surface area contributed by atoms with E-state index in [1.54, 1.807) is 7.05 Å². The van der Waals surface area contributed by atoms with E-state index in [4.69, 9.17) is 4.74 Å². The van der Waals surface area contributed by atoms with Gasteiger partial charge in [-0.3, -0.25) is 0 Å². The minimum Gasteiger partial charge on any atom is -0.385 e. The first kappa shape index (κ1) is 9.54. The van der Waals surface area contributed by atoms with Crippen molar-refractivity contribution in [2.45, 2.75) is 18.9 Å². The zero-order valence-electron chi connectivity index (χ0n) is 8.13. The Labute approximate surface area is 81.9 Å². The standard InChI is InChI=1S/C8H14N4O2/c1-12-10-8(9-11-12)7(13)4-6-2-3-14-5-6/h6-7,13H,2-5H2,1H3. The number of aliphatic hydroxyl groups excluding tert-OH is 1. The Morgan fingerprint density at radius 2 is 2.57 bits per heavy atom. The molecule has 0 radical (unpaired) electrons. The Morgan fingerprint density at radius 3 is 3.14 bits per heavy atom. The molecule has 2 heterocycles. The van der Waals surface area contributed by atoms with Crippen molar-refractivity contribution in [1.82, 2.24) is 20.2 Å². The second-order valence-corrected chi connectivity index (χ2v) is 3.62. The normalized spacial score (nSPS) is 24.0. The lowest BCUT2D eigenvalue weighted by Crippen LogP contribution is -2.09. The maximum absolute atomic E-state index is 9.76. The summed E-state index contributed by atoms with van der Waals surface area (Å²) in [4.78, 5) is 1.35. The molecular weight excluding hydrogens is 184 g/mol. The van der Waals surface area contributed by atoms with Gasteiger partial charge in [-0.1, -0.05) is 0 Å². The molecule has 0 amide bonds. The van der Waals surface area contributed by atoms with Crippen molar-refractivity contribution < 1.29 is 9.84 Å². The largest absolute Gasteiger partial charge is 0.385 e. The van der Waals surface area contributed by atoms with Crippen LogP contribution in [0, 0.1) is 5.92 Å². The molecule has 1 aromatic rings. The van der Waals surface area contributed by atoms with Crippen LogP contribution in [0.15, 0.2) is 0 Å². The summed E-state index contributed by atoms with van der Waals surface area (Å²) in [6.07, 6.45) is 1.05. The van der Waals surface area contributed by atoms with Gasteiger partial charge < -0.3 is 9.84 Å². The number of tetrazole rings is 1. The summed E-state index contributed by atoms with van der Waals surface area (Å²) < 4.78 is 5.23. The topological polar surface area (TPSA) is 73.1 Å². The maximum atomic E-state index is 9.76. The summed E-state index contributed by atoms with van der Waals surface area (Å²) in [5.74, 6) is 0.827. The van der Waals surface area contributed by atoms with E-state index in [2.05, 4.69) is 15.4 Å². The van der Waals surface area contributed by atoms with Gasteiger partial charge in [-0.2, -0.15) is 4.80 Å². The molecule has 0 aromatic carbocycles. The molecule has 1 saturated heterocycles. The predicted octanol–water partition coefficient (Wildman–Crippen LogP) is -0.330. The lowest BCUT2D eigenvalue weighted by atomic mass is 10.0. The maximum Gasteiger partial charge on any atom is 0.203 e. The van der Waals surface area contributed by atoms with E-state index in [9.17, 15) is 5.11 Å². The molecule has 78 valence electrons. The molecule has 14 heavy (non-hydrogen) atoms. The number of rotatable bonds is 3. The molecule has 1 aliphatic rings. The fourth-order valence-electron chi connectivity index (χ4n) is 1.62. The van der Waals surface area contributed by atoms with E-state index < -0.39 is 6.10 Å². The molecule has 2 rings (SSSR count). The first-order valence-corrected chi connectivity index (χ1v) is 4.75. The van der Waals surface area contributed by atoms with Gasteiger partial charge in [-0.05, 0) is 24.0 Å². The van der Waals surface area contributed by atoms with Gasteiger partial charge in [0.2, 0.25) is 5.82 Å². The number of aliphatic hydroxyl groups is 1. The van der Waals surface area contributed by atoms with Gasteiger partial charge >= 0.3 is 0 Å². The number of hydrogen-bond acceptors (Lipinski definition) is 5. The van der Waals surface area contributed by atoms with Crippen molar-refractivity contribution in [3.63, 3.8) is 0 Å². The smallest absolute Gasteiger partial charge is 0.203 e. The van der Waals surface area contributed by atoms with Crippen LogP contribution >= 0.6 is 0 Å². The Morgan fingerprint density at radius 1 is 1.71 bits per heavy atom. The Hall–Kier alpha value is -1.01. The molecule has 2 unspecified atom stereocenters. The van der Waals surface area contributed by atoms with Crippen LogP contribution in [0.5, 0.6) is 0 Å². The van der Waals surface area contributed by atoms with Crippen LogP contribution in [0.3, 0.4) is 0 Å². The summed E-state index contributed by atoms with van der Waals surface area (Å²) in [6, 6.07) is 0.